The molecule has 1 aromatic heterocycles. The number of fused-ring (bicyclic) bond motifs is 1. The van der Waals surface area contributed by atoms with E-state index in [4.69, 9.17) is 23.2 Å². The monoisotopic (exact) mass is 576 g/mol. The number of primary amides is 1. The predicted octanol–water partition coefficient (Wildman–Crippen LogP) is 6.01. The van der Waals surface area contributed by atoms with Gasteiger partial charge in [0.15, 0.2) is 9.84 Å². The van der Waals surface area contributed by atoms with Crippen molar-refractivity contribution >= 4 is 55.7 Å². The number of amides is 1. The summed E-state index contributed by atoms with van der Waals surface area (Å²) in [5.41, 5.74) is 7.06. The molecule has 2 heterocycles. The zero-order valence-corrected chi connectivity index (χ0v) is 23.6. The van der Waals surface area contributed by atoms with E-state index in [-0.39, 0.29) is 42.5 Å². The zero-order valence-electron chi connectivity index (χ0n) is 21.2. The molecule has 2 aromatic carbocycles. The van der Waals surface area contributed by atoms with Gasteiger partial charge in [-0.2, -0.15) is 0 Å². The van der Waals surface area contributed by atoms with Gasteiger partial charge in [-0.15, -0.1) is 0 Å². The minimum atomic E-state index is -3.25. The van der Waals surface area contributed by atoms with Crippen molar-refractivity contribution in [2.45, 2.75) is 57.8 Å². The molecule has 12 heteroatoms. The van der Waals surface area contributed by atoms with Crippen LogP contribution in [0.1, 0.15) is 51.9 Å². The molecule has 204 valence electrons. The second kappa shape index (κ2) is 12.9. The van der Waals surface area contributed by atoms with Crippen molar-refractivity contribution < 1.29 is 22.0 Å². The number of hydrogen-bond donors (Lipinski definition) is 2. The molecule has 1 aliphatic heterocycles. The van der Waals surface area contributed by atoms with E-state index < -0.39 is 15.8 Å². The number of nitrogens with two attached hydrogens (primary N) is 1. The van der Waals surface area contributed by atoms with Gasteiger partial charge in [-0.3, -0.25) is 4.79 Å². The van der Waals surface area contributed by atoms with E-state index in [2.05, 4.69) is 15.7 Å². The Kier molecular flexibility index (Phi) is 10.7. The molecule has 3 aromatic rings. The smallest absolute Gasteiger partial charge is 0.251 e. The molecule has 0 spiro atoms. The normalized spacial score (nSPS) is 14.9. The molecule has 1 fully saturated rings. The molecule has 1 amide bonds. The quantitative estimate of drug-likeness (QED) is 0.386. The number of aromatic amines is 1. The van der Waals surface area contributed by atoms with Crippen molar-refractivity contribution in [3.8, 4) is 0 Å². The van der Waals surface area contributed by atoms with Gasteiger partial charge >= 0.3 is 0 Å². The Hall–Kier alpha value is -2.43. The lowest BCUT2D eigenvalue weighted by Gasteiger charge is -2.34. The summed E-state index contributed by atoms with van der Waals surface area (Å²) in [4.78, 5) is 19.1. The molecule has 7 nitrogen and oxygen atoms in total. The van der Waals surface area contributed by atoms with Crippen LogP contribution in [0, 0.1) is 0 Å². The molecule has 0 saturated carbocycles. The summed E-state index contributed by atoms with van der Waals surface area (Å²) in [5, 5.41) is 0.714. The number of imidazole rings is 1. The molecule has 1 saturated heterocycles. The van der Waals surface area contributed by atoms with Gasteiger partial charge in [-0.1, -0.05) is 56.1 Å². The summed E-state index contributed by atoms with van der Waals surface area (Å²) in [6.07, 6.45) is -0.0408. The first kappa shape index (κ1) is 30.8. The highest BCUT2D eigenvalue weighted by Crippen LogP contribution is 2.41. The van der Waals surface area contributed by atoms with E-state index in [1.54, 1.807) is 42.2 Å². The Balaban J connectivity index is 0.000000733. The first-order valence-corrected chi connectivity index (χ1v) is 14.3. The minimum absolute atomic E-state index is 0.0478. The topological polar surface area (TPSA) is 109 Å². The average molecular weight is 578 g/mol. The highest BCUT2D eigenvalue weighted by Gasteiger charge is 2.35. The SMILES string of the molecule is CC.CC(N)=O.CCS(=O)(=O)c1ccc(Cc2nc3c(Cl)c(N4CCC(F)(F)CC4)c(Cl)cc3[nH]2)cc1. The van der Waals surface area contributed by atoms with Crippen LogP contribution < -0.4 is 10.6 Å². The number of H-pyrrole nitrogens is 1. The minimum Gasteiger partial charge on any atom is -0.370 e. The van der Waals surface area contributed by atoms with E-state index in [1.807, 2.05) is 13.8 Å². The molecule has 4 rings (SSSR count). The van der Waals surface area contributed by atoms with E-state index >= 15 is 0 Å². The van der Waals surface area contributed by atoms with Gasteiger partial charge in [0.1, 0.15) is 11.3 Å². The van der Waals surface area contributed by atoms with Crippen LogP contribution in [0.25, 0.3) is 11.0 Å². The van der Waals surface area contributed by atoms with Crippen LogP contribution in [0.5, 0.6) is 0 Å². The molecule has 3 N–H and O–H groups in total. The summed E-state index contributed by atoms with van der Waals surface area (Å²) < 4.78 is 51.0. The van der Waals surface area contributed by atoms with Crippen molar-refractivity contribution in [1.29, 1.82) is 0 Å². The second-order valence-corrected chi connectivity index (χ2v) is 11.3. The van der Waals surface area contributed by atoms with Crippen molar-refractivity contribution in [3.05, 3.63) is 51.8 Å². The molecule has 1 aliphatic rings. The van der Waals surface area contributed by atoms with Crippen molar-refractivity contribution in [2.75, 3.05) is 23.7 Å². The van der Waals surface area contributed by atoms with Crippen LogP contribution in [-0.2, 0) is 21.1 Å². The van der Waals surface area contributed by atoms with Gasteiger partial charge in [0, 0.05) is 39.3 Å². The Labute approximate surface area is 226 Å². The van der Waals surface area contributed by atoms with Crippen molar-refractivity contribution in [1.82, 2.24) is 9.97 Å². The fourth-order valence-electron chi connectivity index (χ4n) is 3.73. The lowest BCUT2D eigenvalue weighted by Crippen LogP contribution is -2.39. The lowest BCUT2D eigenvalue weighted by molar-refractivity contribution is -0.115. The number of anilines is 1. The van der Waals surface area contributed by atoms with E-state index in [0.29, 0.717) is 39.0 Å². The van der Waals surface area contributed by atoms with E-state index in [0.717, 1.165) is 5.56 Å². The number of hydrogen-bond acceptors (Lipinski definition) is 5. The maximum atomic E-state index is 13.5. The van der Waals surface area contributed by atoms with Gasteiger partial charge in [-0.25, -0.2) is 22.2 Å². The van der Waals surface area contributed by atoms with Crippen molar-refractivity contribution in [2.24, 2.45) is 5.73 Å². The average Bonchev–Trinajstić information content (AvgIpc) is 3.24. The first-order chi connectivity index (χ1) is 17.3. The molecule has 0 bridgehead atoms. The maximum absolute atomic E-state index is 13.5. The third-order valence-electron chi connectivity index (χ3n) is 5.54. The van der Waals surface area contributed by atoms with Gasteiger partial charge in [0.25, 0.3) is 5.92 Å². The van der Waals surface area contributed by atoms with Gasteiger partial charge in [-0.05, 0) is 23.8 Å². The summed E-state index contributed by atoms with van der Waals surface area (Å²) in [7, 11) is -3.25. The number of halogens is 4. The number of carbonyl (C=O) groups excluding carboxylic acids is 1. The number of carbonyl (C=O) groups is 1. The number of sulfone groups is 1. The number of nitrogens with one attached hydrogen (secondary N) is 1. The fraction of sp³-hybridized carbons (Fsp3) is 0.440. The molecule has 37 heavy (non-hydrogen) atoms. The summed E-state index contributed by atoms with van der Waals surface area (Å²) in [6, 6.07) is 8.39. The molecule has 0 unspecified atom stereocenters. The van der Waals surface area contributed by atoms with Crippen LogP contribution >= 0.6 is 23.2 Å². The fourth-order valence-corrected chi connectivity index (χ4v) is 5.35. The Morgan fingerprint density at radius 1 is 1.16 bits per heavy atom. The van der Waals surface area contributed by atoms with Gasteiger partial charge < -0.3 is 15.6 Å². The first-order valence-electron chi connectivity index (χ1n) is 11.9. The molecule has 0 radical (unpaired) electrons. The third-order valence-corrected chi connectivity index (χ3v) is 7.94. The molecular weight excluding hydrogens is 545 g/mol. The highest BCUT2D eigenvalue weighted by atomic mass is 35.5. The predicted molar refractivity (Wildman–Crippen MR) is 146 cm³/mol. The molecule has 0 atom stereocenters. The lowest BCUT2D eigenvalue weighted by atomic mass is 10.1. The number of nitrogens with zero attached hydrogens (tertiary/aromatic N) is 2. The van der Waals surface area contributed by atoms with Crippen LogP contribution in [0.4, 0.5) is 14.5 Å². The largest absolute Gasteiger partial charge is 0.370 e. The Morgan fingerprint density at radius 2 is 1.70 bits per heavy atom. The number of aromatic nitrogens is 2. The standard InChI is InChI=1S/C21H21Cl2F2N3O2S.C2H5NO.C2H6/c1-2-31(29,30)14-5-3-13(4-6-14)11-17-26-16-12-15(22)20(18(23)19(16)27-17)28-9-7-21(24,25)8-10-28;1-2(3)4;1-2/h3-6,12H,2,7-11H2,1H3,(H,26,27);1H3,(H2,3,4);1-2H3. The summed E-state index contributed by atoms with van der Waals surface area (Å²) >= 11 is 13.0. The van der Waals surface area contributed by atoms with Gasteiger partial charge in [0.2, 0.25) is 5.91 Å². The maximum Gasteiger partial charge on any atom is 0.251 e. The van der Waals surface area contributed by atoms with E-state index in [1.165, 1.54) is 6.92 Å². The summed E-state index contributed by atoms with van der Waals surface area (Å²) in [5.74, 6) is -2.31. The highest BCUT2D eigenvalue weighted by molar-refractivity contribution is 7.91. The number of rotatable bonds is 5. The summed E-state index contributed by atoms with van der Waals surface area (Å²) in [6.45, 7) is 7.25. The number of alkyl halides is 2. The molecular formula is C25H32Cl2F2N4O3S. The third kappa shape index (κ3) is 8.02. The number of piperidine rings is 1. The van der Waals surface area contributed by atoms with E-state index in [9.17, 15) is 22.0 Å². The van der Waals surface area contributed by atoms with Gasteiger partial charge in [0.05, 0.1) is 31.9 Å². The van der Waals surface area contributed by atoms with Crippen LogP contribution in [0.15, 0.2) is 35.2 Å². The van der Waals surface area contributed by atoms with Crippen molar-refractivity contribution in [3.63, 3.8) is 0 Å². The van der Waals surface area contributed by atoms with Crippen LogP contribution in [0.2, 0.25) is 10.0 Å². The van der Waals surface area contributed by atoms with Crippen LogP contribution in [-0.4, -0.2) is 49.1 Å². The van der Waals surface area contributed by atoms with Crippen LogP contribution in [0.3, 0.4) is 0 Å². The zero-order chi connectivity index (χ0) is 28.0. The Morgan fingerprint density at radius 3 is 2.22 bits per heavy atom. The molecule has 0 aliphatic carbocycles. The second-order valence-electron chi connectivity index (χ2n) is 8.28. The Bertz CT molecular complexity index is 1320. The number of benzene rings is 2.